The zero-order valence-corrected chi connectivity index (χ0v) is 31.5. The van der Waals surface area contributed by atoms with Gasteiger partial charge in [0.05, 0.1) is 21.5 Å². The summed E-state index contributed by atoms with van der Waals surface area (Å²) in [7, 11) is 0. The van der Waals surface area contributed by atoms with Crippen molar-refractivity contribution >= 4 is 55.9 Å². The molecule has 0 fully saturated rings. The van der Waals surface area contributed by atoms with Crippen LogP contribution in [0.4, 0.5) is 0 Å². The molecule has 2 aromatic heterocycles. The SMILES string of the molecule is CC(C)(C)N1C(=O)c2ccc3c4c(ccc(c24)C1=O)C(=O)N(C(C)(C)C)C3=O.CC(C)(C)n1c(=O)c2cc3c(=O)n(C(C)(C)C)c(=O)c3cc2c1=O. The first kappa shape index (κ1) is 36.3. The number of hydrogen-bond acceptors (Lipinski definition) is 8. The molecule has 52 heavy (non-hydrogen) atoms. The molecule has 0 radical (unpaired) electrons. The quantitative estimate of drug-likeness (QED) is 0.203. The van der Waals surface area contributed by atoms with Gasteiger partial charge in [0, 0.05) is 55.2 Å². The van der Waals surface area contributed by atoms with Gasteiger partial charge >= 0.3 is 0 Å². The predicted octanol–water partition coefficient (Wildman–Crippen LogP) is 5.05. The van der Waals surface area contributed by atoms with Crippen molar-refractivity contribution in [2.24, 2.45) is 0 Å². The van der Waals surface area contributed by atoms with E-state index in [9.17, 15) is 38.4 Å². The monoisotopic (exact) mass is 706 g/mol. The fraction of sp³-hybridized carbons (Fsp3) is 0.400. The second kappa shape index (κ2) is 11.0. The maximum absolute atomic E-state index is 13.1. The van der Waals surface area contributed by atoms with Gasteiger partial charge < -0.3 is 0 Å². The number of nitrogens with zero attached hydrogens (tertiary/aromatic N) is 4. The lowest BCUT2D eigenvalue weighted by atomic mass is 9.84. The third-order valence-corrected chi connectivity index (χ3v) is 9.47. The highest BCUT2D eigenvalue weighted by atomic mass is 16.2. The Balaban J connectivity index is 0.000000181. The van der Waals surface area contributed by atoms with Gasteiger partial charge in [0.1, 0.15) is 0 Å². The van der Waals surface area contributed by atoms with Crippen LogP contribution in [0.15, 0.2) is 55.6 Å². The van der Waals surface area contributed by atoms with E-state index in [1.165, 1.54) is 31.1 Å². The minimum absolute atomic E-state index is 0.186. The Labute approximate surface area is 298 Å². The lowest BCUT2D eigenvalue weighted by Crippen LogP contribution is -2.53. The molecule has 0 saturated heterocycles. The van der Waals surface area contributed by atoms with E-state index >= 15 is 0 Å². The van der Waals surface area contributed by atoms with Gasteiger partial charge in [0.25, 0.3) is 45.9 Å². The van der Waals surface area contributed by atoms with Crippen LogP contribution in [-0.4, -0.2) is 53.6 Å². The van der Waals surface area contributed by atoms with Crippen LogP contribution < -0.4 is 22.2 Å². The molecule has 2 aliphatic rings. The summed E-state index contributed by atoms with van der Waals surface area (Å²) in [6, 6.07) is 9.14. The highest BCUT2D eigenvalue weighted by Crippen LogP contribution is 2.40. The Kier molecular flexibility index (Phi) is 7.67. The van der Waals surface area contributed by atoms with Crippen LogP contribution in [0.1, 0.15) is 125 Å². The molecule has 0 aliphatic carbocycles. The van der Waals surface area contributed by atoms with Crippen LogP contribution in [-0.2, 0) is 11.1 Å². The first-order chi connectivity index (χ1) is 23.7. The smallest absolute Gasteiger partial charge is 0.262 e. The van der Waals surface area contributed by atoms with E-state index in [1.807, 2.05) is 0 Å². The zero-order valence-electron chi connectivity index (χ0n) is 31.5. The molecule has 0 unspecified atom stereocenters. The van der Waals surface area contributed by atoms with E-state index in [0.29, 0.717) is 33.0 Å². The molecule has 0 atom stereocenters. The molecule has 0 spiro atoms. The van der Waals surface area contributed by atoms with Crippen molar-refractivity contribution in [2.45, 2.75) is 105 Å². The van der Waals surface area contributed by atoms with Gasteiger partial charge in [0.15, 0.2) is 0 Å². The molecule has 0 N–H and O–H groups in total. The van der Waals surface area contributed by atoms with E-state index in [2.05, 4.69) is 0 Å². The lowest BCUT2D eigenvalue weighted by Gasteiger charge is -2.40. The molecule has 0 saturated carbocycles. The number of carbonyl (C=O) groups is 4. The zero-order chi connectivity index (χ0) is 38.9. The Hall–Kier alpha value is -5.52. The third kappa shape index (κ3) is 5.09. The highest BCUT2D eigenvalue weighted by Gasteiger charge is 2.44. The van der Waals surface area contributed by atoms with Crippen molar-refractivity contribution in [3.05, 3.63) is 100 Å². The fourth-order valence-electron chi connectivity index (χ4n) is 7.29. The first-order valence-corrected chi connectivity index (χ1v) is 17.0. The minimum atomic E-state index is -0.693. The standard InChI is InChI=1S/C22H22N2O4.C18H20N2O4/c1-21(2,3)23-17(25)11-7-9-13-16-14(10-8-12(15(11)16)18(23)26)20(28)24(19(13)27)22(4,5)6;1-17(2,3)19-13(21)9-7-11-12(8-10(9)14(19)22)16(24)20(15(11)23)18(4,5)6/h7-10H,1-6H3;7-8H,1-6H3. The summed E-state index contributed by atoms with van der Waals surface area (Å²) in [5, 5.41) is 1.55. The Morgan fingerprint density at radius 2 is 0.558 bits per heavy atom. The fourth-order valence-corrected chi connectivity index (χ4v) is 7.29. The van der Waals surface area contributed by atoms with Gasteiger partial charge in [-0.3, -0.25) is 57.3 Å². The number of hydrogen-bond donors (Lipinski definition) is 0. The van der Waals surface area contributed by atoms with Crippen LogP contribution in [0, 0.1) is 0 Å². The molecular formula is C40H42N4O8. The summed E-state index contributed by atoms with van der Waals surface area (Å²) >= 11 is 0. The number of imide groups is 2. The van der Waals surface area contributed by atoms with Crippen molar-refractivity contribution in [1.82, 2.24) is 18.9 Å². The number of benzene rings is 3. The van der Waals surface area contributed by atoms with Crippen LogP contribution in [0.5, 0.6) is 0 Å². The maximum atomic E-state index is 13.1. The van der Waals surface area contributed by atoms with Gasteiger partial charge in [-0.15, -0.1) is 0 Å². The number of carbonyl (C=O) groups excluding carboxylic acids is 4. The molecular weight excluding hydrogens is 664 g/mol. The molecule has 4 amide bonds. The number of fused-ring (bicyclic) bond motifs is 2. The summed E-state index contributed by atoms with van der Waals surface area (Å²) in [5.74, 6) is -1.64. The third-order valence-electron chi connectivity index (χ3n) is 9.47. The summed E-state index contributed by atoms with van der Waals surface area (Å²) in [5.41, 5.74) is -3.09. The number of aromatic nitrogens is 2. The van der Waals surface area contributed by atoms with Crippen LogP contribution >= 0.6 is 0 Å². The van der Waals surface area contributed by atoms with Crippen molar-refractivity contribution in [2.75, 3.05) is 0 Å². The molecule has 3 aromatic carbocycles. The van der Waals surface area contributed by atoms with Gasteiger partial charge in [-0.2, -0.15) is 0 Å². The summed E-state index contributed by atoms with van der Waals surface area (Å²) < 4.78 is 2.34. The predicted molar refractivity (Wildman–Crippen MR) is 199 cm³/mol. The van der Waals surface area contributed by atoms with Crippen LogP contribution in [0.25, 0.3) is 32.3 Å². The summed E-state index contributed by atoms with van der Waals surface area (Å²) in [6.07, 6.45) is 0. The summed E-state index contributed by atoms with van der Waals surface area (Å²) in [4.78, 5) is 105. The minimum Gasteiger partial charge on any atom is -0.269 e. The Bertz CT molecular complexity index is 2350. The van der Waals surface area contributed by atoms with Crippen molar-refractivity contribution < 1.29 is 19.2 Å². The molecule has 7 rings (SSSR count). The molecule has 12 heteroatoms. The van der Waals surface area contributed by atoms with Gasteiger partial charge in [0.2, 0.25) is 0 Å². The second-order valence-electron chi connectivity index (χ2n) is 17.5. The second-order valence-corrected chi connectivity index (χ2v) is 17.5. The van der Waals surface area contributed by atoms with E-state index in [-0.39, 0.29) is 21.5 Å². The van der Waals surface area contributed by atoms with E-state index in [4.69, 9.17) is 0 Å². The first-order valence-electron chi connectivity index (χ1n) is 17.0. The Morgan fingerprint density at radius 1 is 0.346 bits per heavy atom. The Morgan fingerprint density at radius 3 is 0.731 bits per heavy atom. The molecule has 5 aromatic rings. The largest absolute Gasteiger partial charge is 0.269 e. The average Bonchev–Trinajstić information content (AvgIpc) is 3.40. The molecule has 270 valence electrons. The molecule has 12 nitrogen and oxygen atoms in total. The van der Waals surface area contributed by atoms with E-state index < -0.39 is 68.0 Å². The molecule has 0 bridgehead atoms. The molecule has 4 heterocycles. The van der Waals surface area contributed by atoms with Crippen molar-refractivity contribution in [1.29, 1.82) is 0 Å². The summed E-state index contributed by atoms with van der Waals surface area (Å²) in [6.45, 7) is 21.4. The maximum Gasteiger partial charge on any atom is 0.262 e. The molecule has 2 aliphatic heterocycles. The average molecular weight is 707 g/mol. The van der Waals surface area contributed by atoms with E-state index in [1.54, 1.807) is 107 Å². The van der Waals surface area contributed by atoms with Gasteiger partial charge in [-0.05, 0) is 119 Å². The topological polar surface area (TPSA) is 153 Å². The number of amides is 4. The highest BCUT2D eigenvalue weighted by molar-refractivity contribution is 6.33. The van der Waals surface area contributed by atoms with Crippen molar-refractivity contribution in [3.8, 4) is 0 Å². The van der Waals surface area contributed by atoms with Gasteiger partial charge in [-0.25, -0.2) is 0 Å². The van der Waals surface area contributed by atoms with Gasteiger partial charge in [-0.1, -0.05) is 0 Å². The van der Waals surface area contributed by atoms with E-state index in [0.717, 1.165) is 0 Å². The lowest BCUT2D eigenvalue weighted by molar-refractivity contribution is 0.0436. The van der Waals surface area contributed by atoms with Crippen LogP contribution in [0.3, 0.4) is 0 Å². The number of rotatable bonds is 0. The normalized spacial score (nSPS) is 15.3. The van der Waals surface area contributed by atoms with Crippen LogP contribution in [0.2, 0.25) is 0 Å². The van der Waals surface area contributed by atoms with Crippen molar-refractivity contribution in [3.63, 3.8) is 0 Å².